The zero-order valence-corrected chi connectivity index (χ0v) is 10.2. The molecule has 0 saturated heterocycles. The van der Waals surface area contributed by atoms with Crippen molar-refractivity contribution in [3.8, 4) is 0 Å². The fourth-order valence-corrected chi connectivity index (χ4v) is 1.14. The first-order valence-electron chi connectivity index (χ1n) is 5.02. The number of hydrogen-bond donors (Lipinski definition) is 3. The lowest BCUT2D eigenvalue weighted by molar-refractivity contribution is 0.0690. The van der Waals surface area contributed by atoms with Gasteiger partial charge >= 0.3 is 12.0 Å². The molecule has 0 aromatic carbocycles. The van der Waals surface area contributed by atoms with Gasteiger partial charge in [-0.05, 0) is 11.6 Å². The number of amides is 2. The highest BCUT2D eigenvalue weighted by atomic mass is 35.5. The standard InChI is InChI=1S/C11H12ClN3O3/c1-7(12)4-14-11(18)15-6-8-2-3-9(10(16)17)13-5-8/h2-3,5H,1,4,6H2,(H,16,17)(H2,14,15,18). The first kappa shape index (κ1) is 14.0. The van der Waals surface area contributed by atoms with Crippen molar-refractivity contribution in [1.29, 1.82) is 0 Å². The fourth-order valence-electron chi connectivity index (χ4n) is 1.08. The summed E-state index contributed by atoms with van der Waals surface area (Å²) in [7, 11) is 0. The summed E-state index contributed by atoms with van der Waals surface area (Å²) in [4.78, 5) is 25.5. The minimum atomic E-state index is -1.09. The number of carboxylic acid groups (broad SMARTS) is 1. The minimum Gasteiger partial charge on any atom is -0.477 e. The molecule has 0 fully saturated rings. The van der Waals surface area contributed by atoms with E-state index in [4.69, 9.17) is 16.7 Å². The Labute approximate surface area is 109 Å². The number of hydrogen-bond acceptors (Lipinski definition) is 3. The number of rotatable bonds is 5. The van der Waals surface area contributed by atoms with E-state index in [2.05, 4.69) is 22.2 Å². The van der Waals surface area contributed by atoms with E-state index in [1.807, 2.05) is 0 Å². The predicted molar refractivity (Wildman–Crippen MR) is 66.4 cm³/mol. The van der Waals surface area contributed by atoms with E-state index in [0.29, 0.717) is 10.6 Å². The Morgan fingerprint density at radius 3 is 2.61 bits per heavy atom. The first-order valence-corrected chi connectivity index (χ1v) is 5.40. The van der Waals surface area contributed by atoms with Crippen LogP contribution in [0.25, 0.3) is 0 Å². The van der Waals surface area contributed by atoms with Crippen LogP contribution >= 0.6 is 11.6 Å². The van der Waals surface area contributed by atoms with Crippen LogP contribution in [0, 0.1) is 0 Å². The van der Waals surface area contributed by atoms with Crippen LogP contribution in [0.4, 0.5) is 4.79 Å². The van der Waals surface area contributed by atoms with Crippen molar-refractivity contribution in [2.45, 2.75) is 6.54 Å². The number of nitrogens with one attached hydrogen (secondary N) is 2. The molecule has 0 aliphatic carbocycles. The molecule has 0 radical (unpaired) electrons. The van der Waals surface area contributed by atoms with Crippen LogP contribution in [0.2, 0.25) is 0 Å². The quantitative estimate of drug-likeness (QED) is 0.752. The van der Waals surface area contributed by atoms with Gasteiger partial charge in [-0.1, -0.05) is 24.2 Å². The number of carboxylic acids is 1. The average Bonchev–Trinajstić information content (AvgIpc) is 2.34. The lowest BCUT2D eigenvalue weighted by Gasteiger charge is -2.06. The van der Waals surface area contributed by atoms with Crippen LogP contribution in [0.1, 0.15) is 16.1 Å². The molecular weight excluding hydrogens is 258 g/mol. The molecule has 0 spiro atoms. The molecule has 0 aliphatic rings. The summed E-state index contributed by atoms with van der Waals surface area (Å²) < 4.78 is 0. The van der Waals surface area contributed by atoms with Crippen LogP contribution in [-0.4, -0.2) is 28.6 Å². The smallest absolute Gasteiger partial charge is 0.354 e. The van der Waals surface area contributed by atoms with Crippen molar-refractivity contribution < 1.29 is 14.7 Å². The van der Waals surface area contributed by atoms with Gasteiger partial charge in [0.05, 0.1) is 6.54 Å². The number of carbonyl (C=O) groups excluding carboxylic acids is 1. The maximum atomic E-state index is 11.3. The van der Waals surface area contributed by atoms with Crippen molar-refractivity contribution in [3.63, 3.8) is 0 Å². The van der Waals surface area contributed by atoms with Gasteiger partial charge in [0.25, 0.3) is 0 Å². The van der Waals surface area contributed by atoms with Crippen molar-refractivity contribution in [2.24, 2.45) is 0 Å². The zero-order valence-electron chi connectivity index (χ0n) is 9.44. The topological polar surface area (TPSA) is 91.3 Å². The summed E-state index contributed by atoms with van der Waals surface area (Å²) in [5.41, 5.74) is 0.654. The van der Waals surface area contributed by atoms with Crippen molar-refractivity contribution in [1.82, 2.24) is 15.6 Å². The molecule has 1 aromatic heterocycles. The molecule has 1 rings (SSSR count). The summed E-state index contributed by atoms with van der Waals surface area (Å²) in [5, 5.41) is 14.0. The number of urea groups is 1. The van der Waals surface area contributed by atoms with Crippen LogP contribution in [0.3, 0.4) is 0 Å². The number of aromatic nitrogens is 1. The van der Waals surface area contributed by atoms with E-state index < -0.39 is 5.97 Å². The third-order valence-electron chi connectivity index (χ3n) is 1.94. The van der Waals surface area contributed by atoms with Gasteiger partial charge in [0, 0.05) is 17.8 Å². The largest absolute Gasteiger partial charge is 0.477 e. The molecule has 0 atom stereocenters. The molecule has 2 amide bonds. The Morgan fingerprint density at radius 1 is 1.39 bits per heavy atom. The number of nitrogens with zero attached hydrogens (tertiary/aromatic N) is 1. The molecular formula is C11H12ClN3O3. The second-order valence-electron chi connectivity index (χ2n) is 3.41. The van der Waals surface area contributed by atoms with Crippen LogP contribution in [0.5, 0.6) is 0 Å². The molecule has 0 aliphatic heterocycles. The van der Waals surface area contributed by atoms with Gasteiger partial charge in [-0.25, -0.2) is 14.6 Å². The van der Waals surface area contributed by atoms with E-state index in [-0.39, 0.29) is 24.8 Å². The first-order chi connectivity index (χ1) is 8.49. The highest BCUT2D eigenvalue weighted by molar-refractivity contribution is 6.29. The summed E-state index contributed by atoms with van der Waals surface area (Å²) >= 11 is 5.48. The maximum Gasteiger partial charge on any atom is 0.354 e. The Kier molecular flexibility index (Phi) is 5.13. The number of aromatic carboxylic acids is 1. The van der Waals surface area contributed by atoms with Gasteiger partial charge in [-0.2, -0.15) is 0 Å². The van der Waals surface area contributed by atoms with Crippen LogP contribution in [0.15, 0.2) is 29.9 Å². The molecule has 0 unspecified atom stereocenters. The molecule has 0 saturated carbocycles. The van der Waals surface area contributed by atoms with E-state index in [1.54, 1.807) is 6.07 Å². The summed E-state index contributed by atoms with van der Waals surface area (Å²) in [6.07, 6.45) is 1.39. The molecule has 18 heavy (non-hydrogen) atoms. The highest BCUT2D eigenvalue weighted by Crippen LogP contribution is 2.00. The molecule has 96 valence electrons. The normalized spacial score (nSPS) is 9.61. The number of pyridine rings is 1. The van der Waals surface area contributed by atoms with Gasteiger partial charge in [0.15, 0.2) is 0 Å². The molecule has 6 nitrogen and oxygen atoms in total. The SMILES string of the molecule is C=C(Cl)CNC(=O)NCc1ccc(C(=O)O)nc1. The van der Waals surface area contributed by atoms with Gasteiger partial charge in [-0.3, -0.25) is 0 Å². The van der Waals surface area contributed by atoms with Crippen molar-refractivity contribution in [3.05, 3.63) is 41.2 Å². The van der Waals surface area contributed by atoms with E-state index in [1.165, 1.54) is 12.3 Å². The van der Waals surface area contributed by atoms with E-state index in [0.717, 1.165) is 0 Å². The lowest BCUT2D eigenvalue weighted by atomic mass is 10.2. The molecule has 0 bridgehead atoms. The van der Waals surface area contributed by atoms with Crippen LogP contribution < -0.4 is 10.6 Å². The number of carbonyl (C=O) groups is 2. The molecule has 7 heteroatoms. The minimum absolute atomic E-state index is 0.0401. The van der Waals surface area contributed by atoms with Crippen molar-refractivity contribution >= 4 is 23.6 Å². The second kappa shape index (κ2) is 6.61. The fraction of sp³-hybridized carbons (Fsp3) is 0.182. The monoisotopic (exact) mass is 269 g/mol. The number of halogens is 1. The molecule has 3 N–H and O–H groups in total. The maximum absolute atomic E-state index is 11.3. The van der Waals surface area contributed by atoms with Gasteiger partial charge < -0.3 is 15.7 Å². The Bertz CT molecular complexity index is 459. The van der Waals surface area contributed by atoms with Gasteiger partial charge in [0.1, 0.15) is 5.69 Å². The Morgan fingerprint density at radius 2 is 2.11 bits per heavy atom. The third-order valence-corrected chi connectivity index (χ3v) is 2.07. The van der Waals surface area contributed by atoms with Gasteiger partial charge in [0.2, 0.25) is 0 Å². The van der Waals surface area contributed by atoms with E-state index in [9.17, 15) is 9.59 Å². The summed E-state index contributed by atoms with van der Waals surface area (Å²) in [5.74, 6) is -1.09. The lowest BCUT2D eigenvalue weighted by Crippen LogP contribution is -2.35. The van der Waals surface area contributed by atoms with E-state index >= 15 is 0 Å². The Hall–Kier alpha value is -2.08. The summed E-state index contributed by atoms with van der Waals surface area (Å²) in [6, 6.07) is 2.56. The third kappa shape index (κ3) is 4.84. The van der Waals surface area contributed by atoms with Gasteiger partial charge in [-0.15, -0.1) is 0 Å². The Balaban J connectivity index is 2.41. The van der Waals surface area contributed by atoms with Crippen molar-refractivity contribution in [2.75, 3.05) is 6.54 Å². The molecule has 1 aromatic rings. The second-order valence-corrected chi connectivity index (χ2v) is 3.94. The average molecular weight is 270 g/mol. The predicted octanol–water partition coefficient (Wildman–Crippen LogP) is 1.33. The highest BCUT2D eigenvalue weighted by Gasteiger charge is 2.04. The van der Waals surface area contributed by atoms with Crippen LogP contribution in [-0.2, 0) is 6.54 Å². The zero-order chi connectivity index (χ0) is 13.5. The summed E-state index contributed by atoms with van der Waals surface area (Å²) in [6.45, 7) is 3.86. The molecule has 1 heterocycles.